The minimum Gasteiger partial charge on any atom is -0.354 e. The van der Waals surface area contributed by atoms with Crippen molar-refractivity contribution in [2.75, 3.05) is 25.0 Å². The van der Waals surface area contributed by atoms with Crippen molar-refractivity contribution in [1.29, 1.82) is 5.26 Å². The first-order valence-electron chi connectivity index (χ1n) is 5.56. The van der Waals surface area contributed by atoms with Crippen molar-refractivity contribution in [2.24, 2.45) is 5.92 Å². The van der Waals surface area contributed by atoms with E-state index in [-0.39, 0.29) is 0 Å². The van der Waals surface area contributed by atoms with Gasteiger partial charge in [-0.3, -0.25) is 0 Å². The Bertz CT molecular complexity index is 378. The standard InChI is InChI=1S/C11H15N5/c12-7-10-3-6-15-11(16-10)14-5-2-9-1-4-13-8-9/h3,6,9,13H,1-2,4-5,8H2,(H,14,15,16). The molecule has 0 saturated carbocycles. The summed E-state index contributed by atoms with van der Waals surface area (Å²) in [7, 11) is 0. The summed E-state index contributed by atoms with van der Waals surface area (Å²) in [5.74, 6) is 1.30. The number of anilines is 1. The monoisotopic (exact) mass is 217 g/mol. The summed E-state index contributed by atoms with van der Waals surface area (Å²) in [6.07, 6.45) is 3.97. The lowest BCUT2D eigenvalue weighted by molar-refractivity contribution is 0.548. The maximum absolute atomic E-state index is 8.68. The zero-order valence-electron chi connectivity index (χ0n) is 9.11. The van der Waals surface area contributed by atoms with E-state index in [0.717, 1.165) is 32.0 Å². The molecule has 1 aliphatic heterocycles. The van der Waals surface area contributed by atoms with Crippen LogP contribution >= 0.6 is 0 Å². The van der Waals surface area contributed by atoms with Crippen LogP contribution in [-0.4, -0.2) is 29.6 Å². The van der Waals surface area contributed by atoms with Crippen molar-refractivity contribution in [3.8, 4) is 6.07 Å². The van der Waals surface area contributed by atoms with E-state index < -0.39 is 0 Å². The fraction of sp³-hybridized carbons (Fsp3) is 0.545. The Balaban J connectivity index is 1.78. The fourth-order valence-corrected chi connectivity index (χ4v) is 1.86. The summed E-state index contributed by atoms with van der Waals surface area (Å²) >= 11 is 0. The Hall–Kier alpha value is -1.67. The Kier molecular flexibility index (Phi) is 3.67. The predicted octanol–water partition coefficient (Wildman–Crippen LogP) is 0.760. The third-order valence-electron chi connectivity index (χ3n) is 2.77. The van der Waals surface area contributed by atoms with E-state index in [9.17, 15) is 0 Å². The zero-order valence-corrected chi connectivity index (χ0v) is 9.11. The van der Waals surface area contributed by atoms with Crippen LogP contribution in [0.4, 0.5) is 5.95 Å². The zero-order chi connectivity index (χ0) is 11.2. The molecule has 84 valence electrons. The number of nitriles is 1. The van der Waals surface area contributed by atoms with Gasteiger partial charge in [-0.15, -0.1) is 0 Å². The number of rotatable bonds is 4. The van der Waals surface area contributed by atoms with Crippen molar-refractivity contribution in [2.45, 2.75) is 12.8 Å². The first-order valence-corrected chi connectivity index (χ1v) is 5.56. The molecule has 1 atom stereocenters. The van der Waals surface area contributed by atoms with E-state index in [4.69, 9.17) is 5.26 Å². The molecule has 2 N–H and O–H groups in total. The molecule has 16 heavy (non-hydrogen) atoms. The van der Waals surface area contributed by atoms with Crippen LogP contribution in [0.3, 0.4) is 0 Å². The quantitative estimate of drug-likeness (QED) is 0.779. The number of aromatic nitrogens is 2. The second kappa shape index (κ2) is 5.42. The van der Waals surface area contributed by atoms with Gasteiger partial charge in [0.15, 0.2) is 0 Å². The minimum atomic E-state index is 0.403. The molecule has 1 aromatic rings. The summed E-state index contributed by atoms with van der Waals surface area (Å²) in [6, 6.07) is 3.60. The van der Waals surface area contributed by atoms with Crippen molar-refractivity contribution in [3.05, 3.63) is 18.0 Å². The number of nitrogens with one attached hydrogen (secondary N) is 2. The minimum absolute atomic E-state index is 0.403. The Morgan fingerprint density at radius 1 is 1.62 bits per heavy atom. The first kappa shape index (κ1) is 10.8. The summed E-state index contributed by atoms with van der Waals surface area (Å²) in [5, 5.41) is 15.2. The Labute approximate surface area is 94.9 Å². The van der Waals surface area contributed by atoms with E-state index >= 15 is 0 Å². The molecular weight excluding hydrogens is 202 g/mol. The Morgan fingerprint density at radius 2 is 2.56 bits per heavy atom. The summed E-state index contributed by atoms with van der Waals surface area (Å²) < 4.78 is 0. The fourth-order valence-electron chi connectivity index (χ4n) is 1.86. The molecule has 0 spiro atoms. The first-order chi connectivity index (χ1) is 7.88. The molecule has 1 aliphatic rings. The van der Waals surface area contributed by atoms with Crippen LogP contribution in [0.15, 0.2) is 12.3 Å². The smallest absolute Gasteiger partial charge is 0.223 e. The molecule has 5 heteroatoms. The second-order valence-corrected chi connectivity index (χ2v) is 3.95. The topological polar surface area (TPSA) is 73.6 Å². The highest BCUT2D eigenvalue weighted by molar-refractivity contribution is 5.29. The van der Waals surface area contributed by atoms with Gasteiger partial charge in [0.1, 0.15) is 11.8 Å². The van der Waals surface area contributed by atoms with Crippen LogP contribution in [-0.2, 0) is 0 Å². The van der Waals surface area contributed by atoms with Gasteiger partial charge in [-0.2, -0.15) is 5.26 Å². The van der Waals surface area contributed by atoms with Gasteiger partial charge in [0.05, 0.1) is 0 Å². The molecule has 1 unspecified atom stereocenters. The van der Waals surface area contributed by atoms with Crippen molar-refractivity contribution in [3.63, 3.8) is 0 Å². The van der Waals surface area contributed by atoms with E-state index in [1.165, 1.54) is 6.42 Å². The average molecular weight is 217 g/mol. The molecular formula is C11H15N5. The van der Waals surface area contributed by atoms with Gasteiger partial charge in [0.25, 0.3) is 0 Å². The van der Waals surface area contributed by atoms with Gasteiger partial charge in [-0.05, 0) is 37.9 Å². The van der Waals surface area contributed by atoms with Gasteiger partial charge in [-0.25, -0.2) is 9.97 Å². The largest absolute Gasteiger partial charge is 0.354 e. The molecule has 2 heterocycles. The lowest BCUT2D eigenvalue weighted by atomic mass is 10.1. The molecule has 0 radical (unpaired) electrons. The van der Waals surface area contributed by atoms with Gasteiger partial charge in [0, 0.05) is 12.7 Å². The molecule has 5 nitrogen and oxygen atoms in total. The van der Waals surface area contributed by atoms with Crippen LogP contribution in [0.1, 0.15) is 18.5 Å². The van der Waals surface area contributed by atoms with Crippen LogP contribution in [0.2, 0.25) is 0 Å². The van der Waals surface area contributed by atoms with Gasteiger partial charge >= 0.3 is 0 Å². The summed E-state index contributed by atoms with van der Waals surface area (Å²) in [5.41, 5.74) is 0.403. The average Bonchev–Trinajstić information content (AvgIpc) is 2.82. The molecule has 1 fully saturated rings. The maximum atomic E-state index is 8.68. The molecule has 0 aromatic carbocycles. The maximum Gasteiger partial charge on any atom is 0.223 e. The third-order valence-corrected chi connectivity index (χ3v) is 2.77. The highest BCUT2D eigenvalue weighted by Gasteiger charge is 2.13. The SMILES string of the molecule is N#Cc1ccnc(NCCC2CCNC2)n1. The predicted molar refractivity (Wildman–Crippen MR) is 60.8 cm³/mol. The van der Waals surface area contributed by atoms with Gasteiger partial charge in [-0.1, -0.05) is 0 Å². The van der Waals surface area contributed by atoms with Crippen LogP contribution in [0.25, 0.3) is 0 Å². The second-order valence-electron chi connectivity index (χ2n) is 3.95. The molecule has 1 saturated heterocycles. The summed E-state index contributed by atoms with van der Waals surface area (Å²) in [6.45, 7) is 3.10. The molecule has 2 rings (SSSR count). The van der Waals surface area contributed by atoms with Crippen molar-refractivity contribution in [1.82, 2.24) is 15.3 Å². The van der Waals surface area contributed by atoms with Gasteiger partial charge in [0.2, 0.25) is 5.95 Å². The molecule has 0 bridgehead atoms. The van der Waals surface area contributed by atoms with E-state index in [1.807, 2.05) is 6.07 Å². The normalized spacial score (nSPS) is 19.3. The lowest BCUT2D eigenvalue weighted by Gasteiger charge is -2.08. The van der Waals surface area contributed by atoms with E-state index in [0.29, 0.717) is 11.6 Å². The number of hydrogen-bond acceptors (Lipinski definition) is 5. The summed E-state index contributed by atoms with van der Waals surface area (Å²) in [4.78, 5) is 8.12. The molecule has 0 amide bonds. The van der Waals surface area contributed by atoms with Crippen molar-refractivity contribution < 1.29 is 0 Å². The highest BCUT2D eigenvalue weighted by atomic mass is 15.1. The van der Waals surface area contributed by atoms with Crippen LogP contribution in [0.5, 0.6) is 0 Å². The van der Waals surface area contributed by atoms with E-state index in [1.54, 1.807) is 12.3 Å². The van der Waals surface area contributed by atoms with Crippen molar-refractivity contribution >= 4 is 5.95 Å². The molecule has 1 aromatic heterocycles. The van der Waals surface area contributed by atoms with Gasteiger partial charge < -0.3 is 10.6 Å². The number of nitrogens with zero attached hydrogens (tertiary/aromatic N) is 3. The Morgan fingerprint density at radius 3 is 3.31 bits per heavy atom. The molecule has 0 aliphatic carbocycles. The van der Waals surface area contributed by atoms with Crippen LogP contribution in [0, 0.1) is 17.2 Å². The lowest BCUT2D eigenvalue weighted by Crippen LogP contribution is -2.13. The van der Waals surface area contributed by atoms with E-state index in [2.05, 4.69) is 20.6 Å². The number of hydrogen-bond donors (Lipinski definition) is 2. The third kappa shape index (κ3) is 2.91. The van der Waals surface area contributed by atoms with Crippen LogP contribution < -0.4 is 10.6 Å². The highest BCUT2D eigenvalue weighted by Crippen LogP contribution is 2.11.